The maximum Gasteiger partial charge on any atom is 0.173 e. The van der Waals surface area contributed by atoms with Crippen molar-refractivity contribution < 1.29 is 14.3 Å². The molecule has 15 heavy (non-hydrogen) atoms. The van der Waals surface area contributed by atoms with Crippen LogP contribution in [0.3, 0.4) is 0 Å². The Morgan fingerprint density at radius 1 is 1.40 bits per heavy atom. The van der Waals surface area contributed by atoms with E-state index in [0.29, 0.717) is 12.5 Å². The standard InChI is InChI=1S/C11H19NO3/c1-9-8-15-11(5-3-4-6-14-11)7-10(9)12-13-2/h9H,3-8H2,1-2H3/b12-10-/t9-,11-/m1/s1. The topological polar surface area (TPSA) is 40.0 Å². The summed E-state index contributed by atoms with van der Waals surface area (Å²) >= 11 is 0. The first kappa shape index (κ1) is 10.9. The van der Waals surface area contributed by atoms with E-state index in [1.54, 1.807) is 7.11 Å². The van der Waals surface area contributed by atoms with Crippen molar-refractivity contribution in [3.63, 3.8) is 0 Å². The highest BCUT2D eigenvalue weighted by Crippen LogP contribution is 2.35. The van der Waals surface area contributed by atoms with E-state index in [2.05, 4.69) is 12.1 Å². The molecule has 0 aromatic rings. The molecule has 1 spiro atoms. The van der Waals surface area contributed by atoms with Crippen molar-refractivity contribution in [1.29, 1.82) is 0 Å². The minimum Gasteiger partial charge on any atom is -0.399 e. The van der Waals surface area contributed by atoms with E-state index in [4.69, 9.17) is 14.3 Å². The van der Waals surface area contributed by atoms with E-state index in [1.807, 2.05) is 0 Å². The third-order valence-electron chi connectivity index (χ3n) is 3.14. The van der Waals surface area contributed by atoms with Gasteiger partial charge in [0.25, 0.3) is 0 Å². The molecule has 2 fully saturated rings. The lowest BCUT2D eigenvalue weighted by Gasteiger charge is -2.41. The van der Waals surface area contributed by atoms with Gasteiger partial charge in [0.05, 0.1) is 18.9 Å². The summed E-state index contributed by atoms with van der Waals surface area (Å²) in [5, 5.41) is 4.07. The van der Waals surface area contributed by atoms with Crippen LogP contribution in [0.2, 0.25) is 0 Å². The van der Waals surface area contributed by atoms with Crippen LogP contribution in [0, 0.1) is 5.92 Å². The van der Waals surface area contributed by atoms with Gasteiger partial charge in [-0.15, -0.1) is 0 Å². The van der Waals surface area contributed by atoms with Gasteiger partial charge in [0.1, 0.15) is 7.11 Å². The van der Waals surface area contributed by atoms with E-state index in [9.17, 15) is 0 Å². The van der Waals surface area contributed by atoms with Gasteiger partial charge in [-0.1, -0.05) is 12.1 Å². The van der Waals surface area contributed by atoms with Crippen LogP contribution in [-0.4, -0.2) is 31.8 Å². The molecule has 2 aliphatic rings. The summed E-state index contributed by atoms with van der Waals surface area (Å²) < 4.78 is 11.6. The summed E-state index contributed by atoms with van der Waals surface area (Å²) in [6, 6.07) is 0. The van der Waals surface area contributed by atoms with Gasteiger partial charge >= 0.3 is 0 Å². The van der Waals surface area contributed by atoms with Gasteiger partial charge in [-0.2, -0.15) is 0 Å². The van der Waals surface area contributed by atoms with Crippen molar-refractivity contribution in [2.45, 2.75) is 38.4 Å². The van der Waals surface area contributed by atoms with E-state index < -0.39 is 5.79 Å². The first-order valence-corrected chi connectivity index (χ1v) is 5.63. The van der Waals surface area contributed by atoms with Crippen LogP contribution in [0.15, 0.2) is 5.16 Å². The highest BCUT2D eigenvalue weighted by atomic mass is 16.7. The Balaban J connectivity index is 2.06. The highest BCUT2D eigenvalue weighted by Gasteiger charge is 2.41. The van der Waals surface area contributed by atoms with Crippen LogP contribution in [0.1, 0.15) is 32.6 Å². The zero-order chi connectivity index (χ0) is 10.7. The molecule has 2 heterocycles. The quantitative estimate of drug-likeness (QED) is 0.625. The first-order valence-electron chi connectivity index (χ1n) is 5.63. The zero-order valence-electron chi connectivity index (χ0n) is 9.49. The van der Waals surface area contributed by atoms with Gasteiger partial charge in [-0.3, -0.25) is 0 Å². The Labute approximate surface area is 90.6 Å². The molecule has 0 aromatic carbocycles. The maximum absolute atomic E-state index is 5.84. The lowest BCUT2D eigenvalue weighted by Crippen LogP contribution is -2.47. The highest BCUT2D eigenvalue weighted by molar-refractivity contribution is 5.87. The van der Waals surface area contributed by atoms with Gasteiger partial charge in [0, 0.05) is 18.8 Å². The second-order valence-electron chi connectivity index (χ2n) is 4.37. The fourth-order valence-corrected chi connectivity index (χ4v) is 2.19. The molecule has 86 valence electrons. The van der Waals surface area contributed by atoms with E-state index in [-0.39, 0.29) is 0 Å². The summed E-state index contributed by atoms with van der Waals surface area (Å²) in [5.41, 5.74) is 1.06. The molecule has 0 amide bonds. The van der Waals surface area contributed by atoms with E-state index in [1.165, 1.54) is 6.42 Å². The normalized spacial score (nSPS) is 39.6. The SMILES string of the molecule is CO/N=C1/C[C@@]2(CCCCO2)OC[C@H]1C. The number of hydrogen-bond acceptors (Lipinski definition) is 4. The minimum atomic E-state index is -0.401. The Morgan fingerprint density at radius 3 is 2.93 bits per heavy atom. The molecule has 0 aliphatic carbocycles. The van der Waals surface area contributed by atoms with Crippen molar-refractivity contribution in [3.8, 4) is 0 Å². The smallest absolute Gasteiger partial charge is 0.173 e. The van der Waals surface area contributed by atoms with Gasteiger partial charge < -0.3 is 14.3 Å². The Hall–Kier alpha value is -0.610. The molecule has 0 N–H and O–H groups in total. The predicted molar refractivity (Wildman–Crippen MR) is 56.7 cm³/mol. The van der Waals surface area contributed by atoms with Gasteiger partial charge in [-0.05, 0) is 12.8 Å². The lowest BCUT2D eigenvalue weighted by atomic mass is 9.91. The van der Waals surface area contributed by atoms with E-state index >= 15 is 0 Å². The van der Waals surface area contributed by atoms with Crippen molar-refractivity contribution in [2.75, 3.05) is 20.3 Å². The summed E-state index contributed by atoms with van der Waals surface area (Å²) in [7, 11) is 1.59. The summed E-state index contributed by atoms with van der Waals surface area (Å²) in [6.07, 6.45) is 4.04. The second-order valence-corrected chi connectivity index (χ2v) is 4.37. The molecule has 4 nitrogen and oxygen atoms in total. The molecule has 0 radical (unpaired) electrons. The van der Waals surface area contributed by atoms with Gasteiger partial charge in [0.15, 0.2) is 5.79 Å². The minimum absolute atomic E-state index is 0.334. The Bertz CT molecular complexity index is 246. The second kappa shape index (κ2) is 4.49. The Kier molecular flexibility index (Phi) is 3.26. The molecular formula is C11H19NO3. The molecule has 0 aromatic heterocycles. The molecule has 2 rings (SSSR count). The number of hydrogen-bond donors (Lipinski definition) is 0. The Morgan fingerprint density at radius 2 is 2.27 bits per heavy atom. The fourth-order valence-electron chi connectivity index (χ4n) is 2.19. The molecular weight excluding hydrogens is 194 g/mol. The summed E-state index contributed by atoms with van der Waals surface area (Å²) in [4.78, 5) is 4.86. The molecule has 0 bridgehead atoms. The lowest BCUT2D eigenvalue weighted by molar-refractivity contribution is -0.261. The average Bonchev–Trinajstić information content (AvgIpc) is 2.26. The van der Waals surface area contributed by atoms with Gasteiger partial charge in [0.2, 0.25) is 0 Å². The fraction of sp³-hybridized carbons (Fsp3) is 0.909. The van der Waals surface area contributed by atoms with Crippen LogP contribution >= 0.6 is 0 Å². The van der Waals surface area contributed by atoms with Crippen LogP contribution in [0.25, 0.3) is 0 Å². The molecule has 0 saturated carbocycles. The van der Waals surface area contributed by atoms with E-state index in [0.717, 1.165) is 31.6 Å². The maximum atomic E-state index is 5.84. The largest absolute Gasteiger partial charge is 0.399 e. The third kappa shape index (κ3) is 2.32. The summed E-state index contributed by atoms with van der Waals surface area (Å²) in [6.45, 7) is 3.59. The summed E-state index contributed by atoms with van der Waals surface area (Å²) in [5.74, 6) is -0.0663. The molecule has 4 heteroatoms. The first-order chi connectivity index (χ1) is 7.26. The van der Waals surface area contributed by atoms with Crippen molar-refractivity contribution in [3.05, 3.63) is 0 Å². The van der Waals surface area contributed by atoms with Gasteiger partial charge in [-0.25, -0.2) is 0 Å². The van der Waals surface area contributed by atoms with Crippen LogP contribution in [-0.2, 0) is 14.3 Å². The monoisotopic (exact) mass is 213 g/mol. The van der Waals surface area contributed by atoms with Crippen LogP contribution < -0.4 is 0 Å². The predicted octanol–water partition coefficient (Wildman–Crippen LogP) is 1.94. The zero-order valence-corrected chi connectivity index (χ0v) is 9.49. The van der Waals surface area contributed by atoms with Crippen molar-refractivity contribution >= 4 is 5.71 Å². The molecule has 2 aliphatic heterocycles. The third-order valence-corrected chi connectivity index (χ3v) is 3.14. The number of nitrogens with zero attached hydrogens (tertiary/aromatic N) is 1. The molecule has 2 saturated heterocycles. The molecule has 2 atom stereocenters. The van der Waals surface area contributed by atoms with Crippen LogP contribution in [0.4, 0.5) is 0 Å². The molecule has 0 unspecified atom stereocenters. The number of oxime groups is 1. The van der Waals surface area contributed by atoms with Crippen LogP contribution in [0.5, 0.6) is 0 Å². The number of ether oxygens (including phenoxy) is 2. The average molecular weight is 213 g/mol. The van der Waals surface area contributed by atoms with Crippen molar-refractivity contribution in [2.24, 2.45) is 11.1 Å². The number of rotatable bonds is 1. The van der Waals surface area contributed by atoms with Crippen molar-refractivity contribution in [1.82, 2.24) is 0 Å².